The average molecular weight is 156 g/mol. The molecule has 0 saturated heterocycles. The third kappa shape index (κ3) is 6.73. The van der Waals surface area contributed by atoms with Crippen LogP contribution in [-0.4, -0.2) is 32.4 Å². The van der Waals surface area contributed by atoms with Gasteiger partial charge >= 0.3 is 0 Å². The molecule has 0 spiro atoms. The molecule has 62 valence electrons. The van der Waals surface area contributed by atoms with E-state index in [9.17, 15) is 4.79 Å². The number of hydrogen-bond donors (Lipinski definition) is 1. The van der Waals surface area contributed by atoms with Crippen molar-refractivity contribution in [2.24, 2.45) is 4.99 Å². The summed E-state index contributed by atoms with van der Waals surface area (Å²) >= 11 is 0. The van der Waals surface area contributed by atoms with Crippen LogP contribution in [0.15, 0.2) is 17.8 Å². The number of nitrogens with zero attached hydrogens (tertiary/aromatic N) is 1. The lowest BCUT2D eigenvalue weighted by molar-refractivity contribution is -0.124. The molecule has 0 aliphatic carbocycles. The number of carbonyl (C=O) groups is 1. The number of rotatable bonds is 5. The highest BCUT2D eigenvalue weighted by molar-refractivity contribution is 5.77. The largest absolute Gasteiger partial charge is 0.366 e. The maximum absolute atomic E-state index is 10.5. The van der Waals surface area contributed by atoms with Crippen molar-refractivity contribution in [3.8, 4) is 0 Å². The maximum atomic E-state index is 10.5. The zero-order valence-corrected chi connectivity index (χ0v) is 6.54. The lowest BCUT2D eigenvalue weighted by atomic mass is 10.6. The number of amides is 1. The van der Waals surface area contributed by atoms with Gasteiger partial charge in [-0.3, -0.25) is 9.79 Å². The molecule has 0 aliphatic rings. The molecule has 4 heteroatoms. The first-order valence-electron chi connectivity index (χ1n) is 3.22. The van der Waals surface area contributed by atoms with Crippen molar-refractivity contribution in [1.29, 1.82) is 0 Å². The average Bonchev–Trinajstić information content (AvgIpc) is 2.04. The Bertz CT molecular complexity index is 155. The molecule has 11 heavy (non-hydrogen) atoms. The molecule has 0 fully saturated rings. The van der Waals surface area contributed by atoms with Crippen molar-refractivity contribution in [2.45, 2.75) is 0 Å². The summed E-state index contributed by atoms with van der Waals surface area (Å²) < 4.78 is 4.88. The SMILES string of the molecule is C=CN=CCOCC(=O)NC. The first-order chi connectivity index (χ1) is 5.31. The van der Waals surface area contributed by atoms with Crippen LogP contribution >= 0.6 is 0 Å². The fourth-order valence-electron chi connectivity index (χ4n) is 0.394. The van der Waals surface area contributed by atoms with E-state index in [-0.39, 0.29) is 12.5 Å². The Kier molecular flexibility index (Phi) is 6.22. The van der Waals surface area contributed by atoms with Crippen molar-refractivity contribution in [3.63, 3.8) is 0 Å². The van der Waals surface area contributed by atoms with Crippen LogP contribution in [0.3, 0.4) is 0 Å². The van der Waals surface area contributed by atoms with E-state index in [2.05, 4.69) is 16.9 Å². The Balaban J connectivity index is 3.20. The number of nitrogens with one attached hydrogen (secondary N) is 1. The highest BCUT2D eigenvalue weighted by atomic mass is 16.5. The smallest absolute Gasteiger partial charge is 0.245 e. The topological polar surface area (TPSA) is 50.7 Å². The number of carbonyl (C=O) groups excluding carboxylic acids is 1. The summed E-state index contributed by atoms with van der Waals surface area (Å²) in [6.45, 7) is 3.78. The van der Waals surface area contributed by atoms with Crippen molar-refractivity contribution >= 4 is 12.1 Å². The molecule has 0 aromatic carbocycles. The molecule has 0 aromatic heterocycles. The van der Waals surface area contributed by atoms with E-state index in [1.165, 1.54) is 12.4 Å². The maximum Gasteiger partial charge on any atom is 0.245 e. The number of ether oxygens (including phenoxy) is 1. The van der Waals surface area contributed by atoms with Crippen molar-refractivity contribution in [3.05, 3.63) is 12.8 Å². The molecule has 0 rings (SSSR count). The summed E-state index contributed by atoms with van der Waals surface area (Å²) in [5.74, 6) is -0.142. The van der Waals surface area contributed by atoms with Gasteiger partial charge in [0.2, 0.25) is 5.91 Å². The van der Waals surface area contributed by atoms with Crippen LogP contribution in [0.1, 0.15) is 0 Å². The summed E-state index contributed by atoms with van der Waals surface area (Å²) in [6.07, 6.45) is 2.94. The molecule has 1 amide bonds. The predicted octanol–water partition coefficient (Wildman–Crippen LogP) is -0.0367. The third-order valence-electron chi connectivity index (χ3n) is 0.915. The van der Waals surface area contributed by atoms with Crippen LogP contribution in [0.5, 0.6) is 0 Å². The second kappa shape index (κ2) is 6.95. The minimum Gasteiger partial charge on any atom is -0.366 e. The molecule has 0 saturated carbocycles. The molecule has 0 bridgehead atoms. The lowest BCUT2D eigenvalue weighted by Gasteiger charge is -1.97. The molecule has 0 atom stereocenters. The van der Waals surface area contributed by atoms with E-state index >= 15 is 0 Å². The van der Waals surface area contributed by atoms with E-state index in [4.69, 9.17) is 4.74 Å². The highest BCUT2D eigenvalue weighted by Gasteiger charge is 1.93. The Labute approximate surface area is 66.0 Å². The summed E-state index contributed by atoms with van der Waals surface area (Å²) in [4.78, 5) is 14.2. The van der Waals surface area contributed by atoms with Crippen LogP contribution in [0.4, 0.5) is 0 Å². The zero-order chi connectivity index (χ0) is 8.53. The molecular formula is C7H12N2O2. The molecular weight excluding hydrogens is 144 g/mol. The molecule has 1 N–H and O–H groups in total. The fraction of sp³-hybridized carbons (Fsp3) is 0.429. The molecule has 0 aliphatic heterocycles. The minimum atomic E-state index is -0.142. The zero-order valence-electron chi connectivity index (χ0n) is 6.54. The van der Waals surface area contributed by atoms with Crippen molar-refractivity contribution < 1.29 is 9.53 Å². The van der Waals surface area contributed by atoms with Gasteiger partial charge in [-0.05, 0) is 0 Å². The number of likely N-dealkylation sites (N-methyl/N-ethyl adjacent to an activating group) is 1. The Hall–Kier alpha value is -1.16. The van der Waals surface area contributed by atoms with Crippen LogP contribution < -0.4 is 5.32 Å². The van der Waals surface area contributed by atoms with Crippen LogP contribution in [0.2, 0.25) is 0 Å². The fourth-order valence-corrected chi connectivity index (χ4v) is 0.394. The number of aliphatic imine (C=N–C) groups is 1. The molecule has 0 unspecified atom stereocenters. The minimum absolute atomic E-state index is 0.0691. The van der Waals surface area contributed by atoms with Gasteiger partial charge in [-0.2, -0.15) is 0 Å². The van der Waals surface area contributed by atoms with Gasteiger partial charge in [-0.1, -0.05) is 6.58 Å². The van der Waals surface area contributed by atoms with Gasteiger partial charge in [-0.25, -0.2) is 0 Å². The monoisotopic (exact) mass is 156 g/mol. The van der Waals surface area contributed by atoms with E-state index < -0.39 is 0 Å². The van der Waals surface area contributed by atoms with Gasteiger partial charge in [0.1, 0.15) is 6.61 Å². The van der Waals surface area contributed by atoms with E-state index in [1.807, 2.05) is 0 Å². The normalized spacial score (nSPS) is 9.91. The quantitative estimate of drug-likeness (QED) is 0.448. The summed E-state index contributed by atoms with van der Waals surface area (Å²) in [7, 11) is 1.56. The second-order valence-corrected chi connectivity index (χ2v) is 1.70. The summed E-state index contributed by atoms with van der Waals surface area (Å²) in [5.41, 5.74) is 0. The van der Waals surface area contributed by atoms with Gasteiger partial charge in [0.05, 0.1) is 6.61 Å². The van der Waals surface area contributed by atoms with Gasteiger partial charge in [-0.15, -0.1) is 0 Å². The van der Waals surface area contributed by atoms with Gasteiger partial charge < -0.3 is 10.1 Å². The highest BCUT2D eigenvalue weighted by Crippen LogP contribution is 1.72. The summed E-state index contributed by atoms with van der Waals surface area (Å²) in [5, 5.41) is 2.43. The van der Waals surface area contributed by atoms with E-state index in [0.717, 1.165) is 0 Å². The third-order valence-corrected chi connectivity index (χ3v) is 0.915. The Morgan fingerprint density at radius 3 is 3.09 bits per heavy atom. The number of hydrogen-bond acceptors (Lipinski definition) is 3. The first kappa shape index (κ1) is 9.84. The van der Waals surface area contributed by atoms with Crippen molar-refractivity contribution in [2.75, 3.05) is 20.3 Å². The van der Waals surface area contributed by atoms with E-state index in [1.54, 1.807) is 7.05 Å². The predicted molar refractivity (Wildman–Crippen MR) is 43.6 cm³/mol. The van der Waals surface area contributed by atoms with Crippen LogP contribution in [0.25, 0.3) is 0 Å². The lowest BCUT2D eigenvalue weighted by Crippen LogP contribution is -2.23. The molecule has 4 nitrogen and oxygen atoms in total. The van der Waals surface area contributed by atoms with Gasteiger partial charge in [0.25, 0.3) is 0 Å². The Morgan fingerprint density at radius 1 is 1.82 bits per heavy atom. The van der Waals surface area contributed by atoms with Crippen LogP contribution in [0, 0.1) is 0 Å². The van der Waals surface area contributed by atoms with Gasteiger partial charge in [0, 0.05) is 19.5 Å². The Morgan fingerprint density at radius 2 is 2.55 bits per heavy atom. The molecule has 0 radical (unpaired) electrons. The molecule has 0 heterocycles. The standard InChI is InChI=1S/C7H12N2O2/c1-3-9-4-5-11-6-7(10)8-2/h3-4H,1,5-6H2,2H3,(H,8,10). The summed E-state index contributed by atoms with van der Waals surface area (Å²) in [6, 6.07) is 0. The van der Waals surface area contributed by atoms with Gasteiger partial charge in [0.15, 0.2) is 0 Å². The first-order valence-corrected chi connectivity index (χ1v) is 3.22. The van der Waals surface area contributed by atoms with Crippen molar-refractivity contribution in [1.82, 2.24) is 5.32 Å². The van der Waals surface area contributed by atoms with Crippen LogP contribution in [-0.2, 0) is 9.53 Å². The second-order valence-electron chi connectivity index (χ2n) is 1.70. The molecule has 0 aromatic rings. The van der Waals surface area contributed by atoms with E-state index in [0.29, 0.717) is 6.61 Å².